The normalized spacial score (nSPS) is 19.4. The van der Waals surface area contributed by atoms with E-state index < -0.39 is 11.8 Å². The molecule has 25 heavy (non-hydrogen) atoms. The number of ether oxygens (including phenoxy) is 1. The molecule has 1 aliphatic carbocycles. The molecular weight excluding hydrogens is 314 g/mol. The quantitative estimate of drug-likeness (QED) is 0.661. The van der Waals surface area contributed by atoms with Crippen LogP contribution in [0.2, 0.25) is 0 Å². The molecule has 0 radical (unpaired) electrons. The van der Waals surface area contributed by atoms with E-state index in [9.17, 15) is 9.59 Å². The minimum absolute atomic E-state index is 0.152. The highest BCUT2D eigenvalue weighted by atomic mass is 16.5. The largest absolute Gasteiger partial charge is 0.461 e. The fourth-order valence-corrected chi connectivity index (χ4v) is 3.17. The second kappa shape index (κ2) is 7.79. The number of hydrogen-bond acceptors (Lipinski definition) is 3. The van der Waals surface area contributed by atoms with Gasteiger partial charge in [-0.05, 0) is 24.3 Å². The molecule has 128 valence electrons. The van der Waals surface area contributed by atoms with Gasteiger partial charge in [-0.2, -0.15) is 0 Å². The van der Waals surface area contributed by atoms with E-state index in [0.29, 0.717) is 12.8 Å². The number of anilines is 1. The Labute approximate surface area is 147 Å². The van der Waals surface area contributed by atoms with E-state index in [4.69, 9.17) is 4.74 Å². The van der Waals surface area contributed by atoms with Crippen LogP contribution in [-0.2, 0) is 14.3 Å². The number of nitrogens with one attached hydrogen (secondary N) is 1. The number of carbonyl (C=O) groups excluding carboxylic acids is 2. The van der Waals surface area contributed by atoms with E-state index in [-0.39, 0.29) is 18.5 Å². The zero-order valence-electron chi connectivity index (χ0n) is 14.0. The number of allylic oxidation sites excluding steroid dienone is 2. The van der Waals surface area contributed by atoms with Gasteiger partial charge in [0.2, 0.25) is 5.91 Å². The van der Waals surface area contributed by atoms with Gasteiger partial charge in [-0.1, -0.05) is 61.2 Å². The smallest absolute Gasteiger partial charge is 0.310 e. The van der Waals surface area contributed by atoms with Crippen LogP contribution in [0.3, 0.4) is 0 Å². The lowest BCUT2D eigenvalue weighted by Crippen LogP contribution is -2.35. The van der Waals surface area contributed by atoms with Crippen molar-refractivity contribution in [3.8, 4) is 0 Å². The minimum Gasteiger partial charge on any atom is -0.461 e. The maximum absolute atomic E-state index is 12.8. The van der Waals surface area contributed by atoms with E-state index in [1.165, 1.54) is 6.08 Å². The van der Waals surface area contributed by atoms with Crippen LogP contribution in [0, 0.1) is 11.8 Å². The molecule has 2 atom stereocenters. The summed E-state index contributed by atoms with van der Waals surface area (Å²) in [6.45, 7) is 3.71. The Morgan fingerprint density at radius 2 is 1.80 bits per heavy atom. The fourth-order valence-electron chi connectivity index (χ4n) is 3.17. The van der Waals surface area contributed by atoms with Gasteiger partial charge in [0, 0.05) is 11.1 Å². The summed E-state index contributed by atoms with van der Waals surface area (Å²) in [5.74, 6) is -1.38. The molecule has 4 nitrogen and oxygen atoms in total. The SMILES string of the molecule is C=CCOC(=O)C1CC=CCC1C(=O)Nc1cccc2ccccc12. The number of esters is 1. The van der Waals surface area contributed by atoms with Gasteiger partial charge in [-0.25, -0.2) is 0 Å². The number of carbonyl (C=O) groups is 2. The Kier molecular flexibility index (Phi) is 5.29. The van der Waals surface area contributed by atoms with Crippen molar-refractivity contribution in [3.63, 3.8) is 0 Å². The Balaban J connectivity index is 1.79. The molecule has 1 N–H and O–H groups in total. The molecule has 2 aromatic rings. The van der Waals surface area contributed by atoms with Crippen LogP contribution in [0.1, 0.15) is 12.8 Å². The molecule has 1 aliphatic rings. The first-order chi connectivity index (χ1) is 12.2. The molecule has 0 spiro atoms. The first-order valence-corrected chi connectivity index (χ1v) is 8.42. The molecule has 0 saturated heterocycles. The van der Waals surface area contributed by atoms with E-state index >= 15 is 0 Å². The van der Waals surface area contributed by atoms with Gasteiger partial charge in [0.05, 0.1) is 11.8 Å². The molecule has 2 unspecified atom stereocenters. The number of benzene rings is 2. The Morgan fingerprint density at radius 3 is 2.60 bits per heavy atom. The third kappa shape index (κ3) is 3.79. The summed E-state index contributed by atoms with van der Waals surface area (Å²) in [7, 11) is 0. The summed E-state index contributed by atoms with van der Waals surface area (Å²) in [4.78, 5) is 25.1. The molecule has 0 fully saturated rings. The third-order valence-electron chi connectivity index (χ3n) is 4.46. The monoisotopic (exact) mass is 335 g/mol. The molecule has 0 saturated carbocycles. The predicted octanol–water partition coefficient (Wildman–Crippen LogP) is 4.09. The number of rotatable bonds is 5. The van der Waals surface area contributed by atoms with Crippen molar-refractivity contribution in [1.29, 1.82) is 0 Å². The Morgan fingerprint density at radius 1 is 1.08 bits per heavy atom. The molecular formula is C21H21NO3. The van der Waals surface area contributed by atoms with Crippen LogP contribution < -0.4 is 5.32 Å². The standard InChI is InChI=1S/C21H21NO3/c1-2-14-25-21(24)18-12-6-5-11-17(18)20(23)22-19-13-7-9-15-8-3-4-10-16(15)19/h2-10,13,17-18H,1,11-12,14H2,(H,22,23). The lowest BCUT2D eigenvalue weighted by molar-refractivity contribution is -0.151. The van der Waals surface area contributed by atoms with E-state index in [2.05, 4.69) is 11.9 Å². The summed E-state index contributed by atoms with van der Waals surface area (Å²) in [6.07, 6.45) is 6.46. The number of amides is 1. The average Bonchev–Trinajstić information content (AvgIpc) is 2.66. The van der Waals surface area contributed by atoms with Crippen molar-refractivity contribution in [3.05, 3.63) is 67.3 Å². The van der Waals surface area contributed by atoms with Gasteiger partial charge in [0.1, 0.15) is 6.61 Å². The first-order valence-electron chi connectivity index (χ1n) is 8.42. The minimum atomic E-state index is -0.458. The first kappa shape index (κ1) is 17.0. The van der Waals surface area contributed by atoms with Crippen molar-refractivity contribution >= 4 is 28.3 Å². The maximum atomic E-state index is 12.8. The van der Waals surface area contributed by atoms with Crippen molar-refractivity contribution in [2.75, 3.05) is 11.9 Å². The van der Waals surface area contributed by atoms with E-state index in [0.717, 1.165) is 16.5 Å². The summed E-state index contributed by atoms with van der Waals surface area (Å²) in [6, 6.07) is 13.7. The zero-order valence-corrected chi connectivity index (χ0v) is 14.0. The molecule has 1 amide bonds. The van der Waals surface area contributed by atoms with Crippen LogP contribution in [-0.4, -0.2) is 18.5 Å². The molecule has 0 aromatic heterocycles. The highest BCUT2D eigenvalue weighted by molar-refractivity contribution is 6.03. The summed E-state index contributed by atoms with van der Waals surface area (Å²) < 4.78 is 5.16. The second-order valence-corrected chi connectivity index (χ2v) is 6.09. The number of hydrogen-bond donors (Lipinski definition) is 1. The van der Waals surface area contributed by atoms with Crippen molar-refractivity contribution in [2.24, 2.45) is 11.8 Å². The van der Waals surface area contributed by atoms with Crippen molar-refractivity contribution in [1.82, 2.24) is 0 Å². The number of fused-ring (bicyclic) bond motifs is 1. The molecule has 0 aliphatic heterocycles. The Hall–Kier alpha value is -2.88. The van der Waals surface area contributed by atoms with Crippen LogP contribution >= 0.6 is 0 Å². The van der Waals surface area contributed by atoms with E-state index in [1.54, 1.807) is 0 Å². The van der Waals surface area contributed by atoms with Crippen molar-refractivity contribution < 1.29 is 14.3 Å². The Bertz CT molecular complexity index is 820. The molecule has 3 rings (SSSR count). The van der Waals surface area contributed by atoms with Gasteiger partial charge in [0.25, 0.3) is 0 Å². The summed E-state index contributed by atoms with van der Waals surface area (Å²) in [5, 5.41) is 5.04. The highest BCUT2D eigenvalue weighted by Crippen LogP contribution is 2.30. The fraction of sp³-hybridized carbons (Fsp3) is 0.238. The topological polar surface area (TPSA) is 55.4 Å². The molecule has 0 bridgehead atoms. The van der Waals surface area contributed by atoms with Crippen LogP contribution in [0.5, 0.6) is 0 Å². The lowest BCUT2D eigenvalue weighted by atomic mass is 9.82. The van der Waals surface area contributed by atoms with Crippen molar-refractivity contribution in [2.45, 2.75) is 12.8 Å². The van der Waals surface area contributed by atoms with Crippen LogP contribution in [0.4, 0.5) is 5.69 Å². The van der Waals surface area contributed by atoms with Gasteiger partial charge in [-0.15, -0.1) is 0 Å². The highest BCUT2D eigenvalue weighted by Gasteiger charge is 2.35. The second-order valence-electron chi connectivity index (χ2n) is 6.09. The van der Waals surface area contributed by atoms with Gasteiger partial charge < -0.3 is 10.1 Å². The molecule has 2 aromatic carbocycles. The van der Waals surface area contributed by atoms with Crippen LogP contribution in [0.15, 0.2) is 67.3 Å². The molecule has 4 heteroatoms. The van der Waals surface area contributed by atoms with Crippen LogP contribution in [0.25, 0.3) is 10.8 Å². The van der Waals surface area contributed by atoms with Gasteiger partial charge in [-0.3, -0.25) is 9.59 Å². The van der Waals surface area contributed by atoms with E-state index in [1.807, 2.05) is 54.6 Å². The average molecular weight is 335 g/mol. The lowest BCUT2D eigenvalue weighted by Gasteiger charge is -2.26. The third-order valence-corrected chi connectivity index (χ3v) is 4.46. The van der Waals surface area contributed by atoms with Gasteiger partial charge >= 0.3 is 5.97 Å². The summed E-state index contributed by atoms with van der Waals surface area (Å²) in [5.41, 5.74) is 0.760. The van der Waals surface area contributed by atoms with Gasteiger partial charge in [0.15, 0.2) is 0 Å². The molecule has 0 heterocycles. The predicted molar refractivity (Wildman–Crippen MR) is 99.1 cm³/mol. The maximum Gasteiger partial charge on any atom is 0.310 e. The zero-order chi connectivity index (χ0) is 17.6. The summed E-state index contributed by atoms with van der Waals surface area (Å²) >= 11 is 0.